The van der Waals surface area contributed by atoms with E-state index in [1.807, 2.05) is 34.6 Å². The van der Waals surface area contributed by atoms with Crippen molar-refractivity contribution < 1.29 is 4.79 Å². The summed E-state index contributed by atoms with van der Waals surface area (Å²) in [6.07, 6.45) is 1.47. The van der Waals surface area contributed by atoms with Gasteiger partial charge in [-0.1, -0.05) is 34.6 Å². The number of nitrogens with zero attached hydrogens (tertiary/aromatic N) is 1. The lowest BCUT2D eigenvalue weighted by atomic mass is 9.77. The van der Waals surface area contributed by atoms with Gasteiger partial charge in [0.1, 0.15) is 5.92 Å². The minimum atomic E-state index is -0.426. The smallest absolute Gasteiger partial charge is 0.155 e. The molecular weight excluding hydrogens is 174 g/mol. The predicted octanol–water partition coefficient (Wildman–Crippen LogP) is 3.18. The van der Waals surface area contributed by atoms with Crippen LogP contribution in [0.5, 0.6) is 0 Å². The third kappa shape index (κ3) is 3.49. The van der Waals surface area contributed by atoms with Crippen LogP contribution in [-0.4, -0.2) is 5.78 Å². The third-order valence-corrected chi connectivity index (χ3v) is 2.73. The van der Waals surface area contributed by atoms with E-state index in [1.165, 1.54) is 0 Å². The molecule has 0 aliphatic heterocycles. The molecule has 0 saturated heterocycles. The van der Waals surface area contributed by atoms with Gasteiger partial charge in [-0.2, -0.15) is 5.26 Å². The summed E-state index contributed by atoms with van der Waals surface area (Å²) in [4.78, 5) is 11.9. The molecule has 0 radical (unpaired) electrons. The van der Waals surface area contributed by atoms with Crippen LogP contribution in [-0.2, 0) is 4.79 Å². The lowest BCUT2D eigenvalue weighted by molar-refractivity contribution is -0.130. The molecule has 0 aromatic rings. The molecule has 0 amide bonds. The second-order valence-electron chi connectivity index (χ2n) is 4.91. The molecule has 2 nitrogen and oxygen atoms in total. The first-order valence-corrected chi connectivity index (χ1v) is 5.29. The molecule has 0 saturated carbocycles. The third-order valence-electron chi connectivity index (χ3n) is 2.73. The van der Waals surface area contributed by atoms with E-state index in [0.29, 0.717) is 12.3 Å². The van der Waals surface area contributed by atoms with Gasteiger partial charge in [0.25, 0.3) is 0 Å². The maximum absolute atomic E-state index is 11.9. The quantitative estimate of drug-likeness (QED) is 0.676. The molecule has 0 rings (SSSR count). The summed E-state index contributed by atoms with van der Waals surface area (Å²) >= 11 is 0. The van der Waals surface area contributed by atoms with E-state index in [9.17, 15) is 4.79 Å². The van der Waals surface area contributed by atoms with Crippen LogP contribution in [0.4, 0.5) is 0 Å². The monoisotopic (exact) mass is 195 g/mol. The molecule has 1 atom stereocenters. The van der Waals surface area contributed by atoms with E-state index in [-0.39, 0.29) is 11.2 Å². The Hall–Kier alpha value is -0.840. The van der Waals surface area contributed by atoms with Gasteiger partial charge in [-0.25, -0.2) is 0 Å². The van der Waals surface area contributed by atoms with Gasteiger partial charge < -0.3 is 0 Å². The first-order valence-electron chi connectivity index (χ1n) is 5.29. The van der Waals surface area contributed by atoms with Crippen molar-refractivity contribution in [3.63, 3.8) is 0 Å². The maximum Gasteiger partial charge on any atom is 0.155 e. The number of carbonyl (C=O) groups excluding carboxylic acids is 1. The van der Waals surface area contributed by atoms with Crippen LogP contribution in [0.25, 0.3) is 0 Å². The highest BCUT2D eigenvalue weighted by atomic mass is 16.1. The number of ketones is 1. The Bertz CT molecular complexity index is 235. The first-order chi connectivity index (χ1) is 6.35. The van der Waals surface area contributed by atoms with Gasteiger partial charge in [-0.3, -0.25) is 4.79 Å². The Morgan fingerprint density at radius 2 is 1.93 bits per heavy atom. The number of rotatable bonds is 5. The summed E-state index contributed by atoms with van der Waals surface area (Å²) < 4.78 is 0. The van der Waals surface area contributed by atoms with E-state index in [4.69, 9.17) is 5.26 Å². The fourth-order valence-electron chi connectivity index (χ4n) is 1.34. The summed E-state index contributed by atoms with van der Waals surface area (Å²) in [6.45, 7) is 9.90. The average Bonchev–Trinajstić information content (AvgIpc) is 2.12. The molecule has 0 heterocycles. The second-order valence-corrected chi connectivity index (χ2v) is 4.91. The zero-order valence-corrected chi connectivity index (χ0v) is 9.92. The highest BCUT2D eigenvalue weighted by Crippen LogP contribution is 2.27. The molecule has 0 N–H and O–H groups in total. The second kappa shape index (κ2) is 5.14. The van der Waals surface area contributed by atoms with E-state index in [1.54, 1.807) is 0 Å². The number of Topliss-reactive ketones (excluding diaryl/α,β-unsaturated/α-hetero) is 1. The Balaban J connectivity index is 4.57. The number of carbonyl (C=O) groups is 1. The molecular formula is C12H21NO. The molecule has 0 aromatic carbocycles. The van der Waals surface area contributed by atoms with Gasteiger partial charge in [0, 0.05) is 5.41 Å². The first kappa shape index (κ1) is 13.2. The summed E-state index contributed by atoms with van der Waals surface area (Å²) in [6, 6.07) is 2.12. The highest BCUT2D eigenvalue weighted by molar-refractivity contribution is 5.88. The highest BCUT2D eigenvalue weighted by Gasteiger charge is 2.32. The summed E-state index contributed by atoms with van der Waals surface area (Å²) in [5.41, 5.74) is -0.352. The van der Waals surface area contributed by atoms with Crippen molar-refractivity contribution in [3.05, 3.63) is 0 Å². The van der Waals surface area contributed by atoms with Crippen LogP contribution < -0.4 is 0 Å². The van der Waals surface area contributed by atoms with Crippen LogP contribution in [0, 0.1) is 28.6 Å². The van der Waals surface area contributed by atoms with Crippen LogP contribution in [0.15, 0.2) is 0 Å². The fourth-order valence-corrected chi connectivity index (χ4v) is 1.34. The van der Waals surface area contributed by atoms with Crippen LogP contribution in [0.3, 0.4) is 0 Å². The Morgan fingerprint density at radius 1 is 1.43 bits per heavy atom. The molecule has 0 aliphatic carbocycles. The van der Waals surface area contributed by atoms with E-state index < -0.39 is 5.92 Å². The summed E-state index contributed by atoms with van der Waals surface area (Å²) in [7, 11) is 0. The molecule has 0 aromatic heterocycles. The van der Waals surface area contributed by atoms with Crippen molar-refractivity contribution in [3.8, 4) is 6.07 Å². The molecule has 0 aliphatic rings. The minimum absolute atomic E-state index is 0.0937. The van der Waals surface area contributed by atoms with Crippen molar-refractivity contribution >= 4 is 5.78 Å². The average molecular weight is 195 g/mol. The van der Waals surface area contributed by atoms with Crippen molar-refractivity contribution in [1.29, 1.82) is 5.26 Å². The Kier molecular flexibility index (Phi) is 4.83. The molecule has 0 bridgehead atoms. The maximum atomic E-state index is 11.9. The van der Waals surface area contributed by atoms with Crippen molar-refractivity contribution in [2.45, 2.75) is 47.5 Å². The lowest BCUT2D eigenvalue weighted by Gasteiger charge is -2.24. The molecule has 0 spiro atoms. The van der Waals surface area contributed by atoms with Gasteiger partial charge in [0.15, 0.2) is 5.78 Å². The Morgan fingerprint density at radius 3 is 2.21 bits per heavy atom. The summed E-state index contributed by atoms with van der Waals surface area (Å²) in [5.74, 6) is 0.0670. The van der Waals surface area contributed by atoms with E-state index in [2.05, 4.69) is 6.07 Å². The van der Waals surface area contributed by atoms with Crippen LogP contribution >= 0.6 is 0 Å². The topological polar surface area (TPSA) is 40.9 Å². The van der Waals surface area contributed by atoms with Crippen molar-refractivity contribution in [2.75, 3.05) is 0 Å². The molecule has 2 heteroatoms. The molecule has 14 heavy (non-hydrogen) atoms. The fraction of sp³-hybridized carbons (Fsp3) is 0.833. The van der Waals surface area contributed by atoms with Crippen molar-refractivity contribution in [2.24, 2.45) is 17.3 Å². The van der Waals surface area contributed by atoms with Crippen molar-refractivity contribution in [1.82, 2.24) is 0 Å². The van der Waals surface area contributed by atoms with Crippen LogP contribution in [0.1, 0.15) is 47.5 Å². The van der Waals surface area contributed by atoms with Gasteiger partial charge >= 0.3 is 0 Å². The van der Waals surface area contributed by atoms with Crippen LogP contribution in [0.2, 0.25) is 0 Å². The zero-order valence-electron chi connectivity index (χ0n) is 9.92. The van der Waals surface area contributed by atoms with Gasteiger partial charge in [-0.15, -0.1) is 0 Å². The predicted molar refractivity (Wildman–Crippen MR) is 57.6 cm³/mol. The zero-order chi connectivity index (χ0) is 11.4. The minimum Gasteiger partial charge on any atom is -0.298 e. The largest absolute Gasteiger partial charge is 0.298 e. The SMILES string of the molecule is CCC(C)(C)C(=O)C(C#N)CC(C)C. The van der Waals surface area contributed by atoms with Gasteiger partial charge in [-0.05, 0) is 18.8 Å². The van der Waals surface area contributed by atoms with E-state index in [0.717, 1.165) is 6.42 Å². The Labute approximate surface area is 87.3 Å². The van der Waals surface area contributed by atoms with Gasteiger partial charge in [0.2, 0.25) is 0 Å². The molecule has 1 unspecified atom stereocenters. The molecule has 80 valence electrons. The normalized spacial score (nSPS) is 13.8. The summed E-state index contributed by atoms with van der Waals surface area (Å²) in [5, 5.41) is 8.93. The van der Waals surface area contributed by atoms with E-state index >= 15 is 0 Å². The number of hydrogen-bond donors (Lipinski definition) is 0. The standard InChI is InChI=1S/C12H21NO/c1-6-12(4,5)11(14)10(8-13)7-9(2)3/h9-10H,6-7H2,1-5H3. The number of hydrogen-bond acceptors (Lipinski definition) is 2. The molecule has 0 fully saturated rings. The lowest BCUT2D eigenvalue weighted by Crippen LogP contribution is -2.30. The number of nitriles is 1. The van der Waals surface area contributed by atoms with Gasteiger partial charge in [0.05, 0.1) is 6.07 Å².